The first kappa shape index (κ1) is 45.8. The third-order valence-corrected chi connectivity index (χ3v) is 21.6. The molecule has 328 valence electrons. The van der Waals surface area contributed by atoms with Crippen molar-refractivity contribution in [2.45, 2.75) is 30.9 Å². The van der Waals surface area contributed by atoms with Crippen molar-refractivity contribution in [3.8, 4) is 0 Å². The minimum absolute atomic E-state index is 0.121. The molecule has 0 amide bonds. The fourth-order valence-corrected chi connectivity index (χ4v) is 18.4. The molecule has 7 aromatic rings. The molecule has 0 aliphatic carbocycles. The molecule has 0 bridgehead atoms. The second-order valence-electron chi connectivity index (χ2n) is 13.0. The van der Waals surface area contributed by atoms with E-state index in [2.05, 4.69) is 0 Å². The average molecular weight is 1050 g/mol. The summed E-state index contributed by atoms with van der Waals surface area (Å²) in [6, 6.07) is 34.9. The molecule has 20 heteroatoms. The molecule has 0 fully saturated rings. The molecule has 0 N–H and O–H groups in total. The van der Waals surface area contributed by atoms with Gasteiger partial charge in [-0.25, -0.2) is 22.0 Å². The fraction of sp³-hybridized carbons (Fsp3) is 0.0233. The first-order valence-corrected chi connectivity index (χ1v) is 25.1. The molecule has 6 nitrogen and oxygen atoms in total. The van der Waals surface area contributed by atoms with Gasteiger partial charge in [-0.2, -0.15) is 8.42 Å². The second-order valence-corrected chi connectivity index (χ2v) is 23.8. The van der Waals surface area contributed by atoms with Crippen LogP contribution in [0.1, 0.15) is 11.1 Å². The molecule has 7 rings (SSSR count). The summed E-state index contributed by atoms with van der Waals surface area (Å²) in [5.74, 6) is -25.4. The minimum atomic E-state index is -5.80. The van der Waals surface area contributed by atoms with Crippen LogP contribution in [0.15, 0.2) is 164 Å². The molecule has 0 saturated carbocycles. The molecule has 0 radical (unpaired) electrons. The standard InChI is InChI=1S/C43H25F10IO6S3/c44-32-34(46)38(50)42(39(51)35(32)47)62(55,56)59-54(27-10-4-1-5-11-27)28-20-16-25(17-21-28)24-26-18-22-31(23-19-26)61(29-12-6-2-7-13-29,30-14-8-3-9-15-30)60-63(57,58)43-40(52)36(48)33(45)37(49)41(43)53/h1-23H,24H2. The number of benzene rings is 7. The SMILES string of the molecule is O=S(=O)(OI(c1ccccc1)c1ccc(Cc2ccc(S(OS(=O)(=O)c3c(F)c(F)c(F)c(F)c3F)(c3ccccc3)c3ccccc3)cc2)cc1)c1c(F)c(F)c(F)c(F)c1F. The van der Waals surface area contributed by atoms with E-state index in [9.17, 15) is 52.0 Å². The Labute approximate surface area is 362 Å². The van der Waals surface area contributed by atoms with Crippen molar-refractivity contribution in [2.24, 2.45) is 0 Å². The van der Waals surface area contributed by atoms with Crippen LogP contribution in [0.5, 0.6) is 0 Å². The van der Waals surface area contributed by atoms with E-state index in [0.717, 1.165) is 0 Å². The normalized spacial score (nSPS) is 12.6. The molecule has 0 atom stereocenters. The zero-order chi connectivity index (χ0) is 45.4. The Morgan fingerprint density at radius 2 is 0.683 bits per heavy atom. The number of hydrogen-bond donors (Lipinski definition) is 0. The van der Waals surface area contributed by atoms with Crippen LogP contribution in [-0.4, -0.2) is 16.8 Å². The van der Waals surface area contributed by atoms with Gasteiger partial charge in [0.1, 0.15) is 0 Å². The van der Waals surface area contributed by atoms with Crippen LogP contribution >= 0.6 is 30.5 Å². The third kappa shape index (κ3) is 8.71. The summed E-state index contributed by atoms with van der Waals surface area (Å²) in [7, 11) is -15.0. The first-order valence-electron chi connectivity index (χ1n) is 17.7. The summed E-state index contributed by atoms with van der Waals surface area (Å²) in [6.07, 6.45) is 0.159. The van der Waals surface area contributed by atoms with Crippen LogP contribution in [0.3, 0.4) is 0 Å². The predicted molar refractivity (Wildman–Crippen MR) is 218 cm³/mol. The van der Waals surface area contributed by atoms with E-state index in [-0.39, 0.29) is 28.2 Å². The molecule has 0 spiro atoms. The van der Waals surface area contributed by atoms with E-state index >= 15 is 8.78 Å². The topological polar surface area (TPSA) is 86.7 Å². The van der Waals surface area contributed by atoms with Gasteiger partial charge in [0.05, 0.1) is 0 Å². The molecule has 0 aliphatic heterocycles. The maximum atomic E-state index is 15.0. The van der Waals surface area contributed by atoms with Gasteiger partial charge < -0.3 is 0 Å². The summed E-state index contributed by atoms with van der Waals surface area (Å²) >= 11 is -3.74. The van der Waals surface area contributed by atoms with Gasteiger partial charge in [0.25, 0.3) is 0 Å². The Morgan fingerprint density at radius 3 is 1.10 bits per heavy atom. The Balaban J connectivity index is 1.24. The van der Waals surface area contributed by atoms with E-state index in [1.807, 2.05) is 0 Å². The number of rotatable bonds is 13. The van der Waals surface area contributed by atoms with Gasteiger partial charge in [-0.05, 0) is 0 Å². The summed E-state index contributed by atoms with van der Waals surface area (Å²) in [6.45, 7) is 0. The average Bonchev–Trinajstić information content (AvgIpc) is 3.28. The molecule has 0 saturated heterocycles. The van der Waals surface area contributed by atoms with Crippen molar-refractivity contribution >= 4 is 50.8 Å². The van der Waals surface area contributed by atoms with E-state index in [0.29, 0.717) is 11.1 Å². The van der Waals surface area contributed by atoms with E-state index in [4.69, 9.17) is 6.14 Å². The van der Waals surface area contributed by atoms with Gasteiger partial charge in [0.15, 0.2) is 28.2 Å². The Bertz CT molecular complexity index is 2970. The van der Waals surface area contributed by atoms with Crippen molar-refractivity contribution in [2.75, 3.05) is 0 Å². The van der Waals surface area contributed by atoms with Crippen LogP contribution in [0.4, 0.5) is 43.9 Å². The Hall–Kier alpha value is -5.26. The van der Waals surface area contributed by atoms with Crippen LogP contribution < -0.4 is 0 Å². The molecule has 0 heterocycles. The van der Waals surface area contributed by atoms with Gasteiger partial charge >= 0.3 is 264 Å². The zero-order valence-electron chi connectivity index (χ0n) is 31.3. The van der Waals surface area contributed by atoms with Crippen molar-refractivity contribution in [1.82, 2.24) is 0 Å². The van der Waals surface area contributed by atoms with Crippen LogP contribution in [0.2, 0.25) is 0 Å². The van der Waals surface area contributed by atoms with Crippen LogP contribution in [0, 0.1) is 65.3 Å². The molecule has 63 heavy (non-hydrogen) atoms. The van der Waals surface area contributed by atoms with Crippen LogP contribution in [-0.2, 0) is 32.8 Å². The summed E-state index contributed by atoms with van der Waals surface area (Å²) in [4.78, 5) is -3.87. The number of halogens is 11. The molecular weight excluding hydrogens is 1030 g/mol. The van der Waals surface area contributed by atoms with E-state index in [1.165, 1.54) is 97.1 Å². The maximum absolute atomic E-state index is 15.0. The second kappa shape index (κ2) is 18.1. The van der Waals surface area contributed by atoms with E-state index in [1.54, 1.807) is 42.5 Å². The van der Waals surface area contributed by atoms with Crippen molar-refractivity contribution < 1.29 is 66.9 Å². The monoisotopic (exact) mass is 1050 g/mol. The quantitative estimate of drug-likeness (QED) is 0.0495. The molecule has 0 unspecified atom stereocenters. The first-order chi connectivity index (χ1) is 29.9. The summed E-state index contributed by atoms with van der Waals surface area (Å²) in [5.41, 5.74) is 1.17. The Morgan fingerprint density at radius 1 is 0.365 bits per heavy atom. The third-order valence-electron chi connectivity index (χ3n) is 9.03. The Kier molecular flexibility index (Phi) is 13.1. The van der Waals surface area contributed by atoms with E-state index < -0.39 is 119 Å². The fourth-order valence-electron chi connectivity index (χ4n) is 6.12. The van der Waals surface area contributed by atoms with Crippen molar-refractivity contribution in [3.05, 3.63) is 216 Å². The van der Waals surface area contributed by atoms with Gasteiger partial charge in [0, 0.05) is 0 Å². The summed E-state index contributed by atoms with van der Waals surface area (Å²) in [5, 5.41) is 0. The summed E-state index contributed by atoms with van der Waals surface area (Å²) < 4.78 is 209. The van der Waals surface area contributed by atoms with Gasteiger partial charge in [-0.15, -0.1) is 0 Å². The van der Waals surface area contributed by atoms with Crippen molar-refractivity contribution in [3.63, 3.8) is 0 Å². The van der Waals surface area contributed by atoms with Crippen molar-refractivity contribution in [1.29, 1.82) is 0 Å². The van der Waals surface area contributed by atoms with Crippen LogP contribution in [0.25, 0.3) is 0 Å². The molecule has 0 aromatic heterocycles. The van der Waals surface area contributed by atoms with Gasteiger partial charge in [-0.1, -0.05) is 36.4 Å². The predicted octanol–water partition coefficient (Wildman–Crippen LogP) is 12.1. The molecular formula is C43H25F10IO6S3. The zero-order valence-corrected chi connectivity index (χ0v) is 35.9. The molecule has 0 aliphatic rings. The van der Waals surface area contributed by atoms with Gasteiger partial charge in [-0.3, -0.25) is 0 Å². The number of hydrogen-bond acceptors (Lipinski definition) is 6. The molecule has 7 aromatic carbocycles. The van der Waals surface area contributed by atoms with Gasteiger partial charge in [0.2, 0.25) is 5.82 Å².